The smallest absolute Gasteiger partial charge is 0.245 e. The molecule has 7 heteroatoms. The fourth-order valence-corrected chi connectivity index (χ4v) is 3.75. The van der Waals surface area contributed by atoms with Gasteiger partial charge in [-0.15, -0.1) is 16.4 Å². The van der Waals surface area contributed by atoms with E-state index in [1.807, 2.05) is 18.5 Å². The largest absolute Gasteiger partial charge is 0.339 e. The van der Waals surface area contributed by atoms with E-state index in [-0.39, 0.29) is 0 Å². The monoisotopic (exact) mass is 311 g/mol. The van der Waals surface area contributed by atoms with E-state index in [0.717, 1.165) is 41.3 Å². The van der Waals surface area contributed by atoms with Gasteiger partial charge in [-0.1, -0.05) is 11.6 Å². The fraction of sp³-hybridized carbons (Fsp3) is 0.538. The van der Waals surface area contributed by atoms with Gasteiger partial charge in [0, 0.05) is 13.1 Å². The molecular weight excluding hydrogens is 294 g/mol. The predicted molar refractivity (Wildman–Crippen MR) is 83.6 cm³/mol. The number of anilines is 1. The van der Waals surface area contributed by atoms with E-state index in [1.165, 1.54) is 12.8 Å². The highest BCUT2D eigenvalue weighted by Crippen LogP contribution is 2.31. The summed E-state index contributed by atoms with van der Waals surface area (Å²) < 4.78 is 0. The van der Waals surface area contributed by atoms with Crippen molar-refractivity contribution in [3.8, 4) is 10.7 Å². The highest BCUT2D eigenvalue weighted by molar-refractivity contribution is 7.14. The lowest BCUT2D eigenvalue weighted by Crippen LogP contribution is -2.39. The molecule has 0 amide bonds. The van der Waals surface area contributed by atoms with Crippen LogP contribution in [0.25, 0.3) is 10.7 Å². The van der Waals surface area contributed by atoms with Crippen LogP contribution in [0.15, 0.2) is 11.4 Å². The molecule has 2 N–H and O–H groups in total. The number of aromatic nitrogens is 3. The molecular formula is C13H18ClN5S. The minimum absolute atomic E-state index is 0.668. The summed E-state index contributed by atoms with van der Waals surface area (Å²) in [5.74, 6) is 2.21. The summed E-state index contributed by atoms with van der Waals surface area (Å²) in [7, 11) is 2.00. The maximum Gasteiger partial charge on any atom is 0.245 e. The number of thiophene rings is 1. The van der Waals surface area contributed by atoms with Crippen molar-refractivity contribution in [1.82, 2.24) is 20.5 Å². The van der Waals surface area contributed by atoms with Crippen LogP contribution in [-0.2, 0) is 0 Å². The molecule has 0 aromatic carbocycles. The topological polar surface area (TPSA) is 56.8 Å². The molecule has 0 aliphatic carbocycles. The molecule has 2 aromatic heterocycles. The van der Waals surface area contributed by atoms with E-state index in [9.17, 15) is 0 Å². The second-order valence-corrected chi connectivity index (χ2v) is 6.42. The maximum absolute atomic E-state index is 6.13. The molecule has 3 heterocycles. The van der Waals surface area contributed by atoms with Gasteiger partial charge in [-0.25, -0.2) is 0 Å². The lowest BCUT2D eigenvalue weighted by molar-refractivity contribution is 0.399. The summed E-state index contributed by atoms with van der Waals surface area (Å²) in [6.07, 6.45) is 2.46. The molecule has 2 aromatic rings. The molecule has 0 bridgehead atoms. The van der Waals surface area contributed by atoms with Crippen molar-refractivity contribution < 1.29 is 0 Å². The van der Waals surface area contributed by atoms with Gasteiger partial charge < -0.3 is 10.2 Å². The second kappa shape index (κ2) is 6.11. The van der Waals surface area contributed by atoms with Crippen LogP contribution in [-0.4, -0.2) is 41.9 Å². The van der Waals surface area contributed by atoms with Crippen LogP contribution in [0, 0.1) is 5.92 Å². The molecule has 5 nitrogen and oxygen atoms in total. The number of rotatable bonds is 4. The molecule has 0 radical (unpaired) electrons. The molecule has 20 heavy (non-hydrogen) atoms. The van der Waals surface area contributed by atoms with Crippen molar-refractivity contribution in [3.63, 3.8) is 0 Å². The zero-order valence-corrected chi connectivity index (χ0v) is 13.0. The number of hydrogen-bond acceptors (Lipinski definition) is 5. The first kappa shape index (κ1) is 13.9. The van der Waals surface area contributed by atoms with E-state index in [2.05, 4.69) is 25.4 Å². The molecule has 0 spiro atoms. The molecule has 1 saturated heterocycles. The Kier molecular flexibility index (Phi) is 4.24. The van der Waals surface area contributed by atoms with Gasteiger partial charge in [0.15, 0.2) is 5.82 Å². The van der Waals surface area contributed by atoms with Gasteiger partial charge in [0.1, 0.15) is 0 Å². The van der Waals surface area contributed by atoms with Crippen molar-refractivity contribution in [2.75, 3.05) is 31.6 Å². The second-order valence-electron chi connectivity index (χ2n) is 5.09. The maximum atomic E-state index is 6.13. The number of piperidine rings is 1. The number of H-pyrrole nitrogens is 1. The Morgan fingerprint density at radius 1 is 1.60 bits per heavy atom. The Balaban J connectivity index is 1.75. The van der Waals surface area contributed by atoms with Crippen LogP contribution < -0.4 is 10.2 Å². The Labute approximate surface area is 127 Å². The quantitative estimate of drug-likeness (QED) is 0.911. The highest BCUT2D eigenvalue weighted by atomic mass is 35.5. The summed E-state index contributed by atoms with van der Waals surface area (Å²) in [5.41, 5.74) is 0. The number of nitrogens with one attached hydrogen (secondary N) is 2. The lowest BCUT2D eigenvalue weighted by Gasteiger charge is -2.31. The zero-order valence-electron chi connectivity index (χ0n) is 11.4. The zero-order chi connectivity index (χ0) is 13.9. The van der Waals surface area contributed by atoms with Crippen molar-refractivity contribution in [1.29, 1.82) is 0 Å². The van der Waals surface area contributed by atoms with Crippen LogP contribution in [0.1, 0.15) is 12.8 Å². The van der Waals surface area contributed by atoms with E-state index in [1.54, 1.807) is 11.3 Å². The molecule has 1 atom stereocenters. The third kappa shape index (κ3) is 2.82. The van der Waals surface area contributed by atoms with Crippen LogP contribution in [0.5, 0.6) is 0 Å². The van der Waals surface area contributed by atoms with E-state index < -0.39 is 0 Å². The van der Waals surface area contributed by atoms with Gasteiger partial charge in [0.05, 0.1) is 9.90 Å². The van der Waals surface area contributed by atoms with Gasteiger partial charge in [-0.3, -0.25) is 5.10 Å². The Hall–Kier alpha value is -1.11. The summed E-state index contributed by atoms with van der Waals surface area (Å²) in [6.45, 7) is 3.08. The first-order valence-electron chi connectivity index (χ1n) is 6.83. The van der Waals surface area contributed by atoms with Crippen molar-refractivity contribution in [3.05, 3.63) is 16.5 Å². The normalized spacial score (nSPS) is 19.5. The molecule has 108 valence electrons. The van der Waals surface area contributed by atoms with Gasteiger partial charge in [-0.05, 0) is 43.8 Å². The minimum Gasteiger partial charge on any atom is -0.339 e. The van der Waals surface area contributed by atoms with Crippen LogP contribution >= 0.6 is 22.9 Å². The van der Waals surface area contributed by atoms with Crippen molar-refractivity contribution >= 4 is 28.9 Å². The SMILES string of the molecule is CNCC1CCCN(c2n[nH]c(-c3sccc3Cl)n2)C1. The predicted octanol–water partition coefficient (Wildman–Crippen LogP) is 2.62. The third-order valence-corrected chi connectivity index (χ3v) is 4.95. The summed E-state index contributed by atoms with van der Waals surface area (Å²) in [6, 6.07) is 1.88. The van der Waals surface area contributed by atoms with Crippen LogP contribution in [0.2, 0.25) is 5.02 Å². The minimum atomic E-state index is 0.668. The van der Waals surface area contributed by atoms with E-state index in [4.69, 9.17) is 11.6 Å². The van der Waals surface area contributed by atoms with Gasteiger partial charge in [0.25, 0.3) is 0 Å². The van der Waals surface area contributed by atoms with Crippen LogP contribution in [0.3, 0.4) is 0 Å². The molecule has 1 unspecified atom stereocenters. The average Bonchev–Trinajstić information content (AvgIpc) is 3.08. The Bertz CT molecular complexity index is 565. The average molecular weight is 312 g/mol. The van der Waals surface area contributed by atoms with Gasteiger partial charge in [-0.2, -0.15) is 4.98 Å². The third-order valence-electron chi connectivity index (χ3n) is 3.60. The summed E-state index contributed by atoms with van der Waals surface area (Å²) in [5, 5.41) is 13.3. The highest BCUT2D eigenvalue weighted by Gasteiger charge is 2.22. The van der Waals surface area contributed by atoms with Crippen LogP contribution in [0.4, 0.5) is 5.95 Å². The Morgan fingerprint density at radius 3 is 3.25 bits per heavy atom. The number of halogens is 1. The van der Waals surface area contributed by atoms with Gasteiger partial charge >= 0.3 is 0 Å². The molecule has 1 aliphatic rings. The Morgan fingerprint density at radius 2 is 2.50 bits per heavy atom. The first-order valence-corrected chi connectivity index (χ1v) is 8.09. The first-order chi connectivity index (χ1) is 9.78. The summed E-state index contributed by atoms with van der Waals surface area (Å²) in [4.78, 5) is 7.81. The standard InChI is InChI=1S/C13H18ClN5S/c1-15-7-9-3-2-5-19(8-9)13-16-12(17-18-13)11-10(14)4-6-20-11/h4,6,9,15H,2-3,5,7-8H2,1H3,(H,16,17,18). The number of nitrogens with zero attached hydrogens (tertiary/aromatic N) is 3. The fourth-order valence-electron chi connectivity index (χ4n) is 2.66. The molecule has 1 fully saturated rings. The number of hydrogen-bond donors (Lipinski definition) is 2. The van der Waals surface area contributed by atoms with E-state index in [0.29, 0.717) is 5.92 Å². The number of aromatic amines is 1. The summed E-state index contributed by atoms with van der Waals surface area (Å²) >= 11 is 7.71. The van der Waals surface area contributed by atoms with Crippen molar-refractivity contribution in [2.24, 2.45) is 5.92 Å². The van der Waals surface area contributed by atoms with Gasteiger partial charge in [0.2, 0.25) is 5.95 Å². The molecule has 1 aliphatic heterocycles. The lowest BCUT2D eigenvalue weighted by atomic mass is 9.98. The molecule has 3 rings (SSSR count). The van der Waals surface area contributed by atoms with Crippen molar-refractivity contribution in [2.45, 2.75) is 12.8 Å². The molecule has 0 saturated carbocycles. The van der Waals surface area contributed by atoms with E-state index >= 15 is 0 Å².